The smallest absolute Gasteiger partial charge is 0.256 e. The van der Waals surface area contributed by atoms with Crippen molar-refractivity contribution in [2.75, 3.05) is 26.2 Å². The van der Waals surface area contributed by atoms with Gasteiger partial charge in [-0.05, 0) is 56.8 Å². The van der Waals surface area contributed by atoms with E-state index in [4.69, 9.17) is 0 Å². The van der Waals surface area contributed by atoms with E-state index in [0.717, 1.165) is 51.0 Å². The molecular weight excluding hydrogens is 255 g/mol. The largest absolute Gasteiger partial charge is 0.338 e. The lowest BCUT2D eigenvalue weighted by atomic mass is 9.78. The lowest BCUT2D eigenvalue weighted by Crippen LogP contribution is -2.39. The number of rotatable bonds is 1. The van der Waals surface area contributed by atoms with Gasteiger partial charge in [0.25, 0.3) is 5.91 Å². The minimum atomic E-state index is -0.410. The maximum absolute atomic E-state index is 13.8. The Morgan fingerprint density at radius 2 is 2.05 bits per heavy atom. The first kappa shape index (κ1) is 13.6. The van der Waals surface area contributed by atoms with E-state index in [1.165, 1.54) is 6.07 Å². The van der Waals surface area contributed by atoms with Gasteiger partial charge in [0, 0.05) is 13.1 Å². The third-order valence-electron chi connectivity index (χ3n) is 4.74. The van der Waals surface area contributed by atoms with E-state index in [-0.39, 0.29) is 16.9 Å². The van der Waals surface area contributed by atoms with Gasteiger partial charge in [0.1, 0.15) is 5.82 Å². The zero-order valence-corrected chi connectivity index (χ0v) is 11.9. The van der Waals surface area contributed by atoms with Gasteiger partial charge in [0.2, 0.25) is 0 Å². The van der Waals surface area contributed by atoms with Crippen molar-refractivity contribution in [1.82, 2.24) is 10.2 Å². The number of piperidine rings is 1. The number of nitrogens with one attached hydrogen (secondary N) is 1. The van der Waals surface area contributed by atoms with Crippen LogP contribution >= 0.6 is 0 Å². The van der Waals surface area contributed by atoms with Crippen molar-refractivity contribution in [2.45, 2.75) is 26.2 Å². The zero-order valence-electron chi connectivity index (χ0n) is 11.9. The Kier molecular flexibility index (Phi) is 3.50. The molecule has 0 unspecified atom stereocenters. The fourth-order valence-electron chi connectivity index (χ4n) is 3.45. The summed E-state index contributed by atoms with van der Waals surface area (Å²) < 4.78 is 13.8. The molecule has 3 nitrogen and oxygen atoms in total. The molecule has 0 saturated carbocycles. The Hall–Kier alpha value is -1.42. The highest BCUT2D eigenvalue weighted by Crippen LogP contribution is 2.39. The molecule has 0 radical (unpaired) electrons. The molecule has 1 aromatic rings. The normalized spacial score (nSPS) is 21.4. The molecule has 2 fully saturated rings. The second kappa shape index (κ2) is 5.17. The number of carbonyl (C=O) groups is 1. The molecule has 2 aliphatic heterocycles. The minimum Gasteiger partial charge on any atom is -0.338 e. The van der Waals surface area contributed by atoms with E-state index >= 15 is 0 Å². The van der Waals surface area contributed by atoms with E-state index in [2.05, 4.69) is 5.32 Å². The fourth-order valence-corrected chi connectivity index (χ4v) is 3.45. The predicted octanol–water partition coefficient (Wildman–Crippen LogP) is 2.35. The first-order chi connectivity index (χ1) is 9.60. The molecule has 0 aliphatic carbocycles. The lowest BCUT2D eigenvalue weighted by Gasteiger charge is -2.33. The summed E-state index contributed by atoms with van der Waals surface area (Å²) in [7, 11) is 0. The lowest BCUT2D eigenvalue weighted by molar-refractivity contribution is 0.0757. The monoisotopic (exact) mass is 276 g/mol. The van der Waals surface area contributed by atoms with Gasteiger partial charge in [0.15, 0.2) is 0 Å². The van der Waals surface area contributed by atoms with Crippen LogP contribution in [0.3, 0.4) is 0 Å². The van der Waals surface area contributed by atoms with Gasteiger partial charge >= 0.3 is 0 Å². The summed E-state index contributed by atoms with van der Waals surface area (Å²) in [6.07, 6.45) is 3.29. The van der Waals surface area contributed by atoms with Crippen LogP contribution in [0.4, 0.5) is 4.39 Å². The quantitative estimate of drug-likeness (QED) is 0.854. The molecule has 2 heterocycles. The van der Waals surface area contributed by atoms with Gasteiger partial charge in [-0.15, -0.1) is 0 Å². The Morgan fingerprint density at radius 3 is 2.80 bits per heavy atom. The molecule has 0 bridgehead atoms. The van der Waals surface area contributed by atoms with Crippen molar-refractivity contribution in [1.29, 1.82) is 0 Å². The van der Waals surface area contributed by atoms with E-state index in [0.29, 0.717) is 0 Å². The summed E-state index contributed by atoms with van der Waals surface area (Å²) in [6, 6.07) is 4.74. The van der Waals surface area contributed by atoms with Crippen LogP contribution in [0.5, 0.6) is 0 Å². The SMILES string of the molecule is Cc1ccc(F)c(C(=O)N2CCC3(CCNCC3)C2)c1. The maximum Gasteiger partial charge on any atom is 0.256 e. The third-order valence-corrected chi connectivity index (χ3v) is 4.74. The van der Waals surface area contributed by atoms with Crippen LogP contribution in [0.15, 0.2) is 18.2 Å². The van der Waals surface area contributed by atoms with Gasteiger partial charge < -0.3 is 10.2 Å². The van der Waals surface area contributed by atoms with Gasteiger partial charge in [-0.2, -0.15) is 0 Å². The van der Waals surface area contributed by atoms with E-state index in [1.807, 2.05) is 11.8 Å². The number of aryl methyl sites for hydroxylation is 1. The molecule has 0 atom stereocenters. The molecule has 20 heavy (non-hydrogen) atoms. The van der Waals surface area contributed by atoms with Crippen molar-refractivity contribution in [3.05, 3.63) is 35.1 Å². The number of benzene rings is 1. The number of hydrogen-bond donors (Lipinski definition) is 1. The Morgan fingerprint density at radius 1 is 1.30 bits per heavy atom. The molecule has 1 amide bonds. The first-order valence-electron chi connectivity index (χ1n) is 7.36. The first-order valence-corrected chi connectivity index (χ1v) is 7.36. The summed E-state index contributed by atoms with van der Waals surface area (Å²) in [6.45, 7) is 5.48. The number of hydrogen-bond acceptors (Lipinski definition) is 2. The molecule has 1 aromatic carbocycles. The molecular formula is C16H21FN2O. The molecule has 1 N–H and O–H groups in total. The fraction of sp³-hybridized carbons (Fsp3) is 0.562. The van der Waals surface area contributed by atoms with Crippen LogP contribution in [-0.2, 0) is 0 Å². The predicted molar refractivity (Wildman–Crippen MR) is 76.2 cm³/mol. The van der Waals surface area contributed by atoms with Crippen molar-refractivity contribution in [3.8, 4) is 0 Å². The van der Waals surface area contributed by atoms with E-state index in [1.54, 1.807) is 12.1 Å². The molecule has 3 rings (SSSR count). The summed E-state index contributed by atoms with van der Waals surface area (Å²) >= 11 is 0. The van der Waals surface area contributed by atoms with Crippen LogP contribution < -0.4 is 5.32 Å². The average Bonchev–Trinajstić information content (AvgIpc) is 2.85. The molecule has 1 spiro atoms. The Bertz CT molecular complexity index is 523. The van der Waals surface area contributed by atoms with Gasteiger partial charge in [-0.25, -0.2) is 4.39 Å². The second-order valence-electron chi connectivity index (χ2n) is 6.21. The maximum atomic E-state index is 13.8. The highest BCUT2D eigenvalue weighted by Gasteiger charge is 2.40. The van der Waals surface area contributed by atoms with Crippen LogP contribution in [-0.4, -0.2) is 37.0 Å². The molecule has 2 aliphatic rings. The van der Waals surface area contributed by atoms with Gasteiger partial charge in [-0.1, -0.05) is 11.6 Å². The standard InChI is InChI=1S/C16H21FN2O/c1-12-2-3-14(17)13(10-12)15(20)19-9-6-16(11-19)4-7-18-8-5-16/h2-3,10,18H,4-9,11H2,1H3. The molecule has 2 saturated heterocycles. The summed E-state index contributed by atoms with van der Waals surface area (Å²) in [5.74, 6) is -0.562. The summed E-state index contributed by atoms with van der Waals surface area (Å²) in [5.41, 5.74) is 1.41. The number of nitrogens with zero attached hydrogens (tertiary/aromatic N) is 1. The van der Waals surface area contributed by atoms with Crippen LogP contribution in [0.2, 0.25) is 0 Å². The zero-order chi connectivity index (χ0) is 14.2. The minimum absolute atomic E-state index is 0.151. The van der Waals surface area contributed by atoms with Crippen molar-refractivity contribution < 1.29 is 9.18 Å². The van der Waals surface area contributed by atoms with E-state index in [9.17, 15) is 9.18 Å². The topological polar surface area (TPSA) is 32.3 Å². The highest BCUT2D eigenvalue weighted by atomic mass is 19.1. The molecule has 4 heteroatoms. The van der Waals surface area contributed by atoms with Crippen LogP contribution in [0.1, 0.15) is 35.2 Å². The second-order valence-corrected chi connectivity index (χ2v) is 6.21. The van der Waals surface area contributed by atoms with E-state index < -0.39 is 5.82 Å². The highest BCUT2D eigenvalue weighted by molar-refractivity contribution is 5.94. The number of halogens is 1. The number of amides is 1. The van der Waals surface area contributed by atoms with Crippen molar-refractivity contribution in [3.63, 3.8) is 0 Å². The Balaban J connectivity index is 1.77. The Labute approximate surface area is 119 Å². The number of carbonyl (C=O) groups excluding carboxylic acids is 1. The number of likely N-dealkylation sites (tertiary alicyclic amines) is 1. The molecule has 0 aromatic heterocycles. The molecule has 108 valence electrons. The summed E-state index contributed by atoms with van der Waals surface area (Å²) in [4.78, 5) is 14.4. The third kappa shape index (κ3) is 2.44. The average molecular weight is 276 g/mol. The van der Waals surface area contributed by atoms with Crippen LogP contribution in [0.25, 0.3) is 0 Å². The van der Waals surface area contributed by atoms with Crippen molar-refractivity contribution >= 4 is 5.91 Å². The van der Waals surface area contributed by atoms with Gasteiger partial charge in [0.05, 0.1) is 5.56 Å². The van der Waals surface area contributed by atoms with Crippen molar-refractivity contribution in [2.24, 2.45) is 5.41 Å². The van der Waals surface area contributed by atoms with Gasteiger partial charge in [-0.3, -0.25) is 4.79 Å². The van der Waals surface area contributed by atoms with Crippen LogP contribution in [0, 0.1) is 18.2 Å². The summed E-state index contributed by atoms with van der Waals surface area (Å²) in [5, 5.41) is 3.36.